The molecule has 1 spiro atoms. The lowest BCUT2D eigenvalue weighted by Gasteiger charge is -2.44. The maximum absolute atomic E-state index is 13.5. The quantitative estimate of drug-likeness (QED) is 0.574. The summed E-state index contributed by atoms with van der Waals surface area (Å²) >= 11 is 0. The van der Waals surface area contributed by atoms with Gasteiger partial charge in [0.1, 0.15) is 11.7 Å². The molecule has 11 heteroatoms. The van der Waals surface area contributed by atoms with Crippen molar-refractivity contribution in [3.05, 3.63) is 59.9 Å². The summed E-state index contributed by atoms with van der Waals surface area (Å²) in [5.41, 5.74) is 0.948. The first-order valence-corrected chi connectivity index (χ1v) is 12.4. The van der Waals surface area contributed by atoms with Gasteiger partial charge in [-0.25, -0.2) is 12.8 Å². The third kappa shape index (κ3) is 5.75. The number of hydrogen-bond acceptors (Lipinski definition) is 6. The second kappa shape index (κ2) is 10.8. The van der Waals surface area contributed by atoms with Crippen LogP contribution in [-0.4, -0.2) is 56.2 Å². The molecule has 1 fully saturated rings. The maximum atomic E-state index is 13.5. The average Bonchev–Trinajstić information content (AvgIpc) is 2.79. The highest BCUT2D eigenvalue weighted by molar-refractivity contribution is 7.89. The Labute approximate surface area is 205 Å². The summed E-state index contributed by atoms with van der Waals surface area (Å²) in [6, 6.07) is 12.6. The first kappa shape index (κ1) is 26.1. The summed E-state index contributed by atoms with van der Waals surface area (Å²) in [5, 5.41) is 9.53. The summed E-state index contributed by atoms with van der Waals surface area (Å²) in [6.07, 6.45) is 1.15. The summed E-state index contributed by atoms with van der Waals surface area (Å²) in [5.74, 6) is 0.307. The van der Waals surface area contributed by atoms with E-state index < -0.39 is 15.6 Å². The fraction of sp³-hybridized carbons (Fsp3) is 0.391. The number of anilines is 1. The number of amides is 1. The zero-order chi connectivity index (χ0) is 23.5. The van der Waals surface area contributed by atoms with E-state index in [1.165, 1.54) is 35.5 Å². The molecule has 2 aliphatic heterocycles. The van der Waals surface area contributed by atoms with E-state index in [0.717, 1.165) is 17.9 Å². The maximum Gasteiger partial charge on any atom is 0.243 e. The monoisotopic (exact) mass is 509 g/mol. The van der Waals surface area contributed by atoms with Crippen LogP contribution in [0.1, 0.15) is 25.3 Å². The topological polar surface area (TPSA) is 103 Å². The van der Waals surface area contributed by atoms with Crippen LogP contribution in [0.15, 0.2) is 58.4 Å². The highest BCUT2D eigenvalue weighted by atomic mass is 35.5. The summed E-state index contributed by atoms with van der Waals surface area (Å²) in [7, 11) is -3.65. The molecule has 8 nitrogen and oxygen atoms in total. The van der Waals surface area contributed by atoms with Crippen molar-refractivity contribution < 1.29 is 17.6 Å². The number of sulfonamides is 1. The smallest absolute Gasteiger partial charge is 0.243 e. The van der Waals surface area contributed by atoms with Crippen LogP contribution in [0, 0.1) is 5.82 Å². The Morgan fingerprint density at radius 3 is 2.53 bits per heavy atom. The molecule has 0 saturated carbocycles. The standard InChI is InChI=1S/C23H28FN5O3S.ClH/c1-17(30)28-20-5-7-21(8-6-20)33(31,32)29-13-9-23(10-14-29)22(25-11-12-27-23)26-16-18-3-2-4-19(24)15-18;/h2-8,15,27H,9-14,16H2,1H3,(H,25,26)(H,28,30);1H. The van der Waals surface area contributed by atoms with E-state index in [0.29, 0.717) is 44.7 Å². The number of rotatable bonds is 5. The Kier molecular flexibility index (Phi) is 8.29. The Bertz CT molecular complexity index is 1150. The number of piperidine rings is 1. The van der Waals surface area contributed by atoms with Crippen molar-refractivity contribution in [3.63, 3.8) is 0 Å². The minimum absolute atomic E-state index is 0. The van der Waals surface area contributed by atoms with Crippen LogP contribution in [0.4, 0.5) is 10.1 Å². The van der Waals surface area contributed by atoms with Crippen molar-refractivity contribution in [1.82, 2.24) is 14.9 Å². The third-order valence-electron chi connectivity index (χ3n) is 6.04. The van der Waals surface area contributed by atoms with Gasteiger partial charge >= 0.3 is 0 Å². The van der Waals surface area contributed by atoms with E-state index in [1.807, 2.05) is 6.07 Å². The number of hydrogen-bond donors (Lipinski definition) is 3. The largest absolute Gasteiger partial charge is 0.368 e. The molecule has 1 saturated heterocycles. The van der Waals surface area contributed by atoms with Gasteiger partial charge in [0.05, 0.1) is 17.0 Å². The van der Waals surface area contributed by atoms with Crippen LogP contribution in [0.5, 0.6) is 0 Å². The van der Waals surface area contributed by atoms with Crippen LogP contribution in [0.25, 0.3) is 0 Å². The van der Waals surface area contributed by atoms with Crippen molar-refractivity contribution >= 4 is 39.9 Å². The Morgan fingerprint density at radius 1 is 1.18 bits per heavy atom. The van der Waals surface area contributed by atoms with Gasteiger partial charge in [0.2, 0.25) is 15.9 Å². The van der Waals surface area contributed by atoms with Gasteiger partial charge in [-0.05, 0) is 54.8 Å². The van der Waals surface area contributed by atoms with Crippen molar-refractivity contribution in [3.8, 4) is 0 Å². The van der Waals surface area contributed by atoms with Gasteiger partial charge in [0, 0.05) is 38.8 Å². The van der Waals surface area contributed by atoms with Crippen molar-refractivity contribution in [2.24, 2.45) is 4.99 Å². The van der Waals surface area contributed by atoms with Gasteiger partial charge in [-0.3, -0.25) is 9.79 Å². The number of carbonyl (C=O) groups is 1. The van der Waals surface area contributed by atoms with Gasteiger partial charge in [-0.1, -0.05) is 12.1 Å². The van der Waals surface area contributed by atoms with Crippen LogP contribution in [-0.2, 0) is 21.4 Å². The fourth-order valence-electron chi connectivity index (χ4n) is 4.34. The van der Waals surface area contributed by atoms with Crippen molar-refractivity contribution in [2.75, 3.05) is 31.5 Å². The first-order valence-electron chi connectivity index (χ1n) is 10.9. The lowest BCUT2D eigenvalue weighted by molar-refractivity contribution is -0.114. The third-order valence-corrected chi connectivity index (χ3v) is 7.95. The highest BCUT2D eigenvalue weighted by Gasteiger charge is 2.43. The minimum Gasteiger partial charge on any atom is -0.368 e. The molecule has 2 aromatic carbocycles. The highest BCUT2D eigenvalue weighted by Crippen LogP contribution is 2.29. The normalized spacial score (nSPS) is 18.0. The molecular weight excluding hydrogens is 481 g/mol. The van der Waals surface area contributed by atoms with E-state index in [9.17, 15) is 17.6 Å². The Hall–Kier alpha value is -2.53. The Morgan fingerprint density at radius 2 is 1.88 bits per heavy atom. The zero-order valence-electron chi connectivity index (χ0n) is 18.9. The molecule has 0 radical (unpaired) electrons. The molecule has 4 rings (SSSR count). The van der Waals surface area contributed by atoms with Crippen LogP contribution < -0.4 is 16.0 Å². The second-order valence-corrected chi connectivity index (χ2v) is 10.3. The number of aliphatic imine (C=N–C) groups is 1. The van der Waals surface area contributed by atoms with Crippen LogP contribution in [0.2, 0.25) is 0 Å². The molecule has 3 N–H and O–H groups in total. The summed E-state index contributed by atoms with van der Waals surface area (Å²) < 4.78 is 41.3. The number of nitrogens with zero attached hydrogens (tertiary/aromatic N) is 2. The molecule has 1 amide bonds. The van der Waals surface area contributed by atoms with E-state index in [2.05, 4.69) is 20.9 Å². The van der Waals surface area contributed by atoms with Crippen LogP contribution in [0.3, 0.4) is 0 Å². The zero-order valence-corrected chi connectivity index (χ0v) is 20.5. The molecule has 2 heterocycles. The van der Waals surface area contributed by atoms with Crippen molar-refractivity contribution in [1.29, 1.82) is 0 Å². The minimum atomic E-state index is -3.65. The SMILES string of the molecule is CC(=O)Nc1ccc(S(=O)(=O)N2CCC3(CC2)NCCN=C3NCc2cccc(F)c2)cc1.Cl. The molecule has 34 heavy (non-hydrogen) atoms. The van der Waals surface area contributed by atoms with Gasteiger partial charge in [0.25, 0.3) is 0 Å². The molecular formula is C23H29ClFN5O3S. The molecule has 0 bridgehead atoms. The lowest BCUT2D eigenvalue weighted by Crippen LogP contribution is -2.64. The number of halogens is 2. The molecule has 0 unspecified atom stereocenters. The van der Waals surface area contributed by atoms with E-state index in [4.69, 9.17) is 0 Å². The van der Waals surface area contributed by atoms with E-state index in [1.54, 1.807) is 18.2 Å². The first-order chi connectivity index (χ1) is 15.8. The average molecular weight is 510 g/mol. The molecule has 2 aliphatic rings. The number of benzene rings is 2. The van der Waals surface area contributed by atoms with E-state index in [-0.39, 0.29) is 29.0 Å². The molecule has 0 aromatic heterocycles. The predicted molar refractivity (Wildman–Crippen MR) is 132 cm³/mol. The molecule has 2 aromatic rings. The van der Waals surface area contributed by atoms with Crippen molar-refractivity contribution in [2.45, 2.75) is 36.7 Å². The predicted octanol–water partition coefficient (Wildman–Crippen LogP) is 2.52. The van der Waals surface area contributed by atoms with Crippen LogP contribution >= 0.6 is 12.4 Å². The fourth-order valence-corrected chi connectivity index (χ4v) is 5.78. The summed E-state index contributed by atoms with van der Waals surface area (Å²) in [4.78, 5) is 16.0. The van der Waals surface area contributed by atoms with Gasteiger partial charge in [-0.2, -0.15) is 4.31 Å². The Balaban J connectivity index is 0.00000324. The number of carbonyl (C=O) groups excluding carboxylic acids is 1. The summed E-state index contributed by atoms with van der Waals surface area (Å²) in [6.45, 7) is 3.91. The van der Waals surface area contributed by atoms with Gasteiger partial charge < -0.3 is 16.0 Å². The molecule has 0 atom stereocenters. The lowest BCUT2D eigenvalue weighted by atomic mass is 9.85. The number of amidine groups is 1. The van der Waals surface area contributed by atoms with E-state index >= 15 is 0 Å². The van der Waals surface area contributed by atoms with Gasteiger partial charge in [-0.15, -0.1) is 12.4 Å². The number of nitrogens with one attached hydrogen (secondary N) is 3. The molecule has 184 valence electrons. The second-order valence-electron chi connectivity index (χ2n) is 8.33. The van der Waals surface area contributed by atoms with Gasteiger partial charge in [0.15, 0.2) is 0 Å². The molecule has 0 aliphatic carbocycles.